The zero-order valence-electron chi connectivity index (χ0n) is 15.3. The molecule has 1 atom stereocenters. The Morgan fingerprint density at radius 2 is 1.87 bits per heavy atom. The number of carbonyl (C=O) groups excluding carboxylic acids is 1. The zero-order chi connectivity index (χ0) is 21.3. The van der Waals surface area contributed by atoms with Crippen LogP contribution < -0.4 is 10.7 Å². The largest absolute Gasteiger partial charge is 0.361 e. The van der Waals surface area contributed by atoms with Gasteiger partial charge in [0.25, 0.3) is 5.91 Å². The van der Waals surface area contributed by atoms with E-state index >= 15 is 0 Å². The highest BCUT2D eigenvalue weighted by molar-refractivity contribution is 9.10. The van der Waals surface area contributed by atoms with Gasteiger partial charge in [-0.05, 0) is 57.9 Å². The Morgan fingerprint density at radius 3 is 2.60 bits per heavy atom. The van der Waals surface area contributed by atoms with Crippen molar-refractivity contribution in [3.63, 3.8) is 0 Å². The van der Waals surface area contributed by atoms with Crippen molar-refractivity contribution in [1.29, 1.82) is 0 Å². The molecule has 0 radical (unpaired) electrons. The molecule has 8 heteroatoms. The highest BCUT2D eigenvalue weighted by Gasteiger charge is 2.23. The fraction of sp³-hybridized carbons (Fsp3) is 0.0455. The molecule has 0 saturated carbocycles. The number of benzene rings is 2. The molecule has 0 aliphatic heterocycles. The third kappa shape index (κ3) is 4.12. The number of hydrogen-bond donors (Lipinski definition) is 2. The second kappa shape index (κ2) is 8.60. The number of amides is 1. The van der Waals surface area contributed by atoms with Crippen LogP contribution in [0.25, 0.3) is 10.9 Å². The van der Waals surface area contributed by atoms with E-state index in [-0.39, 0.29) is 11.3 Å². The van der Waals surface area contributed by atoms with Gasteiger partial charge in [0.05, 0.1) is 17.1 Å². The van der Waals surface area contributed by atoms with Crippen LogP contribution >= 0.6 is 39.1 Å². The Morgan fingerprint density at radius 1 is 1.07 bits per heavy atom. The minimum Gasteiger partial charge on any atom is -0.361 e. The van der Waals surface area contributed by atoms with Crippen LogP contribution in [-0.4, -0.2) is 15.9 Å². The topological polar surface area (TPSA) is 74.8 Å². The number of nitrogens with one attached hydrogen (secondary N) is 2. The van der Waals surface area contributed by atoms with E-state index in [2.05, 4.69) is 31.2 Å². The first-order valence-corrected chi connectivity index (χ1v) is 10.5. The molecule has 0 spiro atoms. The number of hydrogen-bond acceptors (Lipinski definition) is 3. The van der Waals surface area contributed by atoms with Gasteiger partial charge in [-0.2, -0.15) is 0 Å². The Labute approximate surface area is 190 Å². The highest BCUT2D eigenvalue weighted by Crippen LogP contribution is 2.28. The number of aromatic amines is 1. The number of carbonyl (C=O) groups is 1. The molecule has 0 aliphatic rings. The van der Waals surface area contributed by atoms with Gasteiger partial charge < -0.3 is 10.3 Å². The summed E-state index contributed by atoms with van der Waals surface area (Å²) in [6.45, 7) is 0. The van der Waals surface area contributed by atoms with E-state index in [4.69, 9.17) is 23.2 Å². The van der Waals surface area contributed by atoms with E-state index in [1.54, 1.807) is 60.8 Å². The maximum Gasteiger partial charge on any atom is 0.253 e. The predicted molar refractivity (Wildman–Crippen MR) is 122 cm³/mol. The molecular weight excluding hydrogens is 489 g/mol. The van der Waals surface area contributed by atoms with Gasteiger partial charge >= 0.3 is 0 Å². The lowest BCUT2D eigenvalue weighted by molar-refractivity contribution is 0.0942. The first-order chi connectivity index (χ1) is 14.4. The molecule has 2 N–H and O–H groups in total. The van der Waals surface area contributed by atoms with Crippen molar-refractivity contribution in [1.82, 2.24) is 15.3 Å². The molecule has 0 bridgehead atoms. The van der Waals surface area contributed by atoms with Crippen LogP contribution in [0.1, 0.15) is 27.5 Å². The third-order valence-corrected chi connectivity index (χ3v) is 5.71. The molecule has 2 heterocycles. The summed E-state index contributed by atoms with van der Waals surface area (Å²) in [4.78, 5) is 33.3. The molecule has 30 heavy (non-hydrogen) atoms. The zero-order valence-corrected chi connectivity index (χ0v) is 18.4. The van der Waals surface area contributed by atoms with E-state index < -0.39 is 6.04 Å². The van der Waals surface area contributed by atoms with Crippen LogP contribution in [-0.2, 0) is 0 Å². The van der Waals surface area contributed by atoms with Crippen molar-refractivity contribution in [3.8, 4) is 0 Å². The lowest BCUT2D eigenvalue weighted by atomic mass is 9.97. The van der Waals surface area contributed by atoms with Gasteiger partial charge in [-0.15, -0.1) is 0 Å². The summed E-state index contributed by atoms with van der Waals surface area (Å²) in [6.07, 6.45) is 3.03. The lowest BCUT2D eigenvalue weighted by Crippen LogP contribution is -2.33. The van der Waals surface area contributed by atoms with Gasteiger partial charge in [0.15, 0.2) is 5.43 Å². The van der Waals surface area contributed by atoms with Crippen LogP contribution in [0, 0.1) is 0 Å². The highest BCUT2D eigenvalue weighted by atomic mass is 79.9. The standard InChI is InChI=1S/C22H14BrCl2N3O2/c23-19-8-5-12(10-27-19)22(30)28-20(14-3-1-2-4-17(14)25)16-11-26-18-9-13(24)6-7-15(18)21(16)29/h1-11,20H,(H,26,29)(H,28,30). The molecule has 150 valence electrons. The number of nitrogens with zero attached hydrogens (tertiary/aromatic N) is 1. The quantitative estimate of drug-likeness (QED) is 0.361. The fourth-order valence-corrected chi connectivity index (χ4v) is 3.83. The summed E-state index contributed by atoms with van der Waals surface area (Å²) in [5.74, 6) is -0.379. The fourth-order valence-electron chi connectivity index (χ4n) is 3.18. The summed E-state index contributed by atoms with van der Waals surface area (Å²) in [6, 6.07) is 14.6. The van der Waals surface area contributed by atoms with Crippen molar-refractivity contribution in [2.45, 2.75) is 6.04 Å². The van der Waals surface area contributed by atoms with Gasteiger partial charge in [-0.3, -0.25) is 9.59 Å². The first kappa shape index (κ1) is 20.6. The molecule has 0 saturated heterocycles. The smallest absolute Gasteiger partial charge is 0.253 e. The summed E-state index contributed by atoms with van der Waals surface area (Å²) >= 11 is 15.7. The molecule has 0 fully saturated rings. The van der Waals surface area contributed by atoms with Crippen molar-refractivity contribution in [3.05, 3.63) is 109 Å². The Kier molecular flexibility index (Phi) is 5.90. The van der Waals surface area contributed by atoms with Gasteiger partial charge in [0.2, 0.25) is 0 Å². The molecule has 1 amide bonds. The maximum absolute atomic E-state index is 13.3. The molecular formula is C22H14BrCl2N3O2. The molecule has 4 rings (SSSR count). The Hall–Kier alpha value is -2.67. The van der Waals surface area contributed by atoms with E-state index in [0.29, 0.717) is 42.2 Å². The van der Waals surface area contributed by atoms with Crippen LogP contribution in [0.2, 0.25) is 10.0 Å². The van der Waals surface area contributed by atoms with Crippen molar-refractivity contribution >= 4 is 55.9 Å². The molecule has 2 aromatic carbocycles. The van der Waals surface area contributed by atoms with E-state index in [1.807, 2.05) is 0 Å². The van der Waals surface area contributed by atoms with Gasteiger partial charge in [0.1, 0.15) is 4.60 Å². The first-order valence-electron chi connectivity index (χ1n) is 8.92. The van der Waals surface area contributed by atoms with Crippen molar-refractivity contribution in [2.75, 3.05) is 0 Å². The summed E-state index contributed by atoms with van der Waals surface area (Å²) in [7, 11) is 0. The van der Waals surface area contributed by atoms with Crippen LogP contribution in [0.5, 0.6) is 0 Å². The number of pyridine rings is 2. The second-order valence-corrected chi connectivity index (χ2v) is 8.22. The number of halogens is 3. The number of fused-ring (bicyclic) bond motifs is 1. The summed E-state index contributed by atoms with van der Waals surface area (Å²) < 4.78 is 0.617. The van der Waals surface area contributed by atoms with Crippen LogP contribution in [0.15, 0.2) is 76.4 Å². The molecule has 5 nitrogen and oxygen atoms in total. The second-order valence-electron chi connectivity index (χ2n) is 6.56. The van der Waals surface area contributed by atoms with E-state index in [0.717, 1.165) is 0 Å². The normalized spacial score (nSPS) is 12.0. The van der Waals surface area contributed by atoms with Crippen LogP contribution in [0.4, 0.5) is 0 Å². The van der Waals surface area contributed by atoms with Gasteiger partial charge in [-0.1, -0.05) is 41.4 Å². The number of rotatable bonds is 4. The van der Waals surface area contributed by atoms with Gasteiger partial charge in [-0.25, -0.2) is 4.98 Å². The lowest BCUT2D eigenvalue weighted by Gasteiger charge is -2.21. The maximum atomic E-state index is 13.3. The van der Waals surface area contributed by atoms with Crippen molar-refractivity contribution < 1.29 is 4.79 Å². The minimum absolute atomic E-state index is 0.223. The van der Waals surface area contributed by atoms with Crippen LogP contribution in [0.3, 0.4) is 0 Å². The average Bonchev–Trinajstić information content (AvgIpc) is 2.73. The minimum atomic E-state index is -0.765. The van der Waals surface area contributed by atoms with E-state index in [1.165, 1.54) is 6.20 Å². The monoisotopic (exact) mass is 501 g/mol. The van der Waals surface area contributed by atoms with Gasteiger partial charge in [0, 0.05) is 33.4 Å². The Balaban J connectivity index is 1.83. The number of H-pyrrole nitrogens is 1. The average molecular weight is 503 g/mol. The molecule has 0 aliphatic carbocycles. The van der Waals surface area contributed by atoms with E-state index in [9.17, 15) is 9.59 Å². The number of aromatic nitrogens is 2. The van der Waals surface area contributed by atoms with Crippen molar-refractivity contribution in [2.24, 2.45) is 0 Å². The summed E-state index contributed by atoms with van der Waals surface area (Å²) in [5.41, 5.74) is 1.71. The molecule has 2 aromatic heterocycles. The summed E-state index contributed by atoms with van der Waals surface area (Å²) in [5, 5.41) is 4.34. The Bertz CT molecular complexity index is 1310. The predicted octanol–water partition coefficient (Wildman–Crippen LogP) is 5.51. The SMILES string of the molecule is O=C(NC(c1ccccc1Cl)c1c[nH]c2cc(Cl)ccc2c1=O)c1ccc(Br)nc1. The molecule has 4 aromatic rings. The third-order valence-electron chi connectivity index (χ3n) is 4.66. The molecule has 1 unspecified atom stereocenters.